The molecule has 2 aromatic carbocycles. The molecule has 1 unspecified atom stereocenters. The normalized spacial score (nSPS) is 12.3. The van der Waals surface area contributed by atoms with Crippen molar-refractivity contribution in [2.24, 2.45) is 0 Å². The van der Waals surface area contributed by atoms with E-state index in [1.165, 1.54) is 10.5 Å². The molecular formula is C18H22ClNS. The molecule has 0 heterocycles. The molecule has 2 rings (SSSR count). The zero-order chi connectivity index (χ0) is 14.9. The van der Waals surface area contributed by atoms with Crippen LogP contribution in [0.2, 0.25) is 5.02 Å². The maximum absolute atomic E-state index is 5.93. The average Bonchev–Trinajstić information content (AvgIpc) is 2.52. The summed E-state index contributed by atoms with van der Waals surface area (Å²) >= 11 is 7.81. The number of halogens is 1. The minimum atomic E-state index is 0.494. The highest BCUT2D eigenvalue weighted by Gasteiger charge is 2.09. The van der Waals surface area contributed by atoms with Crippen LogP contribution in [0.1, 0.15) is 18.9 Å². The van der Waals surface area contributed by atoms with Gasteiger partial charge in [0, 0.05) is 21.7 Å². The molecule has 0 aliphatic carbocycles. The van der Waals surface area contributed by atoms with E-state index in [9.17, 15) is 0 Å². The largest absolute Gasteiger partial charge is 0.313 e. The lowest BCUT2D eigenvalue weighted by Crippen LogP contribution is -2.34. The van der Waals surface area contributed by atoms with Crippen molar-refractivity contribution in [3.8, 4) is 0 Å². The maximum atomic E-state index is 5.93. The molecule has 1 nitrogen and oxygen atoms in total. The van der Waals surface area contributed by atoms with Crippen molar-refractivity contribution in [2.75, 3.05) is 12.3 Å². The van der Waals surface area contributed by atoms with E-state index in [2.05, 4.69) is 54.7 Å². The first-order valence-corrected chi connectivity index (χ1v) is 8.80. The summed E-state index contributed by atoms with van der Waals surface area (Å²) in [6, 6.07) is 19.3. The lowest BCUT2D eigenvalue weighted by atomic mass is 10.1. The van der Waals surface area contributed by atoms with Gasteiger partial charge in [0.15, 0.2) is 0 Å². The van der Waals surface area contributed by atoms with Crippen LogP contribution in [0, 0.1) is 0 Å². The second kappa shape index (κ2) is 9.14. The Morgan fingerprint density at radius 2 is 1.76 bits per heavy atom. The number of nitrogens with one attached hydrogen (secondary N) is 1. The van der Waals surface area contributed by atoms with Gasteiger partial charge in [-0.1, -0.05) is 48.9 Å². The van der Waals surface area contributed by atoms with Crippen molar-refractivity contribution in [2.45, 2.75) is 30.7 Å². The predicted octanol–water partition coefficient (Wildman–Crippen LogP) is 5.04. The van der Waals surface area contributed by atoms with Crippen LogP contribution in [-0.2, 0) is 6.42 Å². The van der Waals surface area contributed by atoms with Gasteiger partial charge in [0.05, 0.1) is 0 Å². The summed E-state index contributed by atoms with van der Waals surface area (Å²) in [5.41, 5.74) is 1.39. The maximum Gasteiger partial charge on any atom is 0.0406 e. The van der Waals surface area contributed by atoms with E-state index in [0.29, 0.717) is 6.04 Å². The summed E-state index contributed by atoms with van der Waals surface area (Å²) in [5, 5.41) is 4.45. The first-order chi connectivity index (χ1) is 10.3. The third-order valence-corrected chi connectivity index (χ3v) is 4.70. The lowest BCUT2D eigenvalue weighted by Gasteiger charge is -2.18. The highest BCUT2D eigenvalue weighted by Crippen LogP contribution is 2.22. The molecule has 2 aromatic rings. The molecule has 0 bridgehead atoms. The first-order valence-electron chi connectivity index (χ1n) is 7.43. The van der Waals surface area contributed by atoms with E-state index >= 15 is 0 Å². The quantitative estimate of drug-likeness (QED) is 0.684. The van der Waals surface area contributed by atoms with E-state index in [-0.39, 0.29) is 0 Å². The molecule has 1 atom stereocenters. The molecule has 3 heteroatoms. The number of rotatable bonds is 8. The Balaban J connectivity index is 1.91. The Hall–Kier alpha value is -0.960. The van der Waals surface area contributed by atoms with Crippen molar-refractivity contribution in [1.29, 1.82) is 0 Å². The van der Waals surface area contributed by atoms with Gasteiger partial charge in [0.2, 0.25) is 0 Å². The fraction of sp³-hybridized carbons (Fsp3) is 0.333. The molecule has 0 saturated heterocycles. The number of thioether (sulfide) groups is 1. The molecule has 0 aliphatic rings. The Kier molecular flexibility index (Phi) is 7.14. The zero-order valence-corrected chi connectivity index (χ0v) is 14.0. The predicted molar refractivity (Wildman–Crippen MR) is 94.4 cm³/mol. The van der Waals surface area contributed by atoms with Gasteiger partial charge < -0.3 is 5.32 Å². The zero-order valence-electron chi connectivity index (χ0n) is 12.4. The van der Waals surface area contributed by atoms with Gasteiger partial charge in [-0.2, -0.15) is 0 Å². The highest BCUT2D eigenvalue weighted by molar-refractivity contribution is 7.99. The van der Waals surface area contributed by atoms with Gasteiger partial charge in [-0.3, -0.25) is 0 Å². The van der Waals surface area contributed by atoms with Crippen LogP contribution in [0.4, 0.5) is 0 Å². The molecule has 21 heavy (non-hydrogen) atoms. The van der Waals surface area contributed by atoms with Gasteiger partial charge in [0.25, 0.3) is 0 Å². The van der Waals surface area contributed by atoms with Crippen LogP contribution in [0.3, 0.4) is 0 Å². The van der Waals surface area contributed by atoms with Gasteiger partial charge in [-0.05, 0) is 49.2 Å². The summed E-state index contributed by atoms with van der Waals surface area (Å²) in [4.78, 5) is 1.27. The molecule has 0 amide bonds. The number of hydrogen-bond acceptors (Lipinski definition) is 2. The second-order valence-electron chi connectivity index (χ2n) is 5.11. The Bertz CT molecular complexity index is 513. The van der Waals surface area contributed by atoms with Crippen molar-refractivity contribution in [3.05, 3.63) is 65.2 Å². The molecule has 0 fully saturated rings. The van der Waals surface area contributed by atoms with E-state index in [0.717, 1.165) is 30.2 Å². The third kappa shape index (κ3) is 6.13. The summed E-state index contributed by atoms with van der Waals surface area (Å²) in [6.07, 6.45) is 2.23. The van der Waals surface area contributed by atoms with Gasteiger partial charge >= 0.3 is 0 Å². The summed E-state index contributed by atoms with van der Waals surface area (Å²) in [7, 11) is 0. The molecular weight excluding hydrogens is 298 g/mol. The minimum Gasteiger partial charge on any atom is -0.313 e. The van der Waals surface area contributed by atoms with E-state index in [4.69, 9.17) is 11.6 Å². The van der Waals surface area contributed by atoms with Gasteiger partial charge in [-0.25, -0.2) is 0 Å². The van der Waals surface area contributed by atoms with Crippen LogP contribution < -0.4 is 5.32 Å². The van der Waals surface area contributed by atoms with E-state index in [1.54, 1.807) is 0 Å². The fourth-order valence-electron chi connectivity index (χ4n) is 2.16. The summed E-state index contributed by atoms with van der Waals surface area (Å²) < 4.78 is 0. The number of hydrogen-bond donors (Lipinski definition) is 1. The van der Waals surface area contributed by atoms with Crippen molar-refractivity contribution in [3.63, 3.8) is 0 Å². The van der Waals surface area contributed by atoms with Gasteiger partial charge in [-0.15, -0.1) is 11.8 Å². The smallest absolute Gasteiger partial charge is 0.0406 e. The monoisotopic (exact) mass is 319 g/mol. The minimum absolute atomic E-state index is 0.494. The van der Waals surface area contributed by atoms with E-state index < -0.39 is 0 Å². The average molecular weight is 320 g/mol. The standard InChI is InChI=1S/C18H22ClNS/c1-2-12-20-17(13-15-6-4-3-5-7-15)14-21-18-10-8-16(19)9-11-18/h3-11,17,20H,2,12-14H2,1H3. The van der Waals surface area contributed by atoms with Crippen LogP contribution in [0.25, 0.3) is 0 Å². The third-order valence-electron chi connectivity index (χ3n) is 3.27. The first kappa shape index (κ1) is 16.4. The molecule has 0 saturated carbocycles. The highest BCUT2D eigenvalue weighted by atomic mass is 35.5. The molecule has 112 valence electrons. The summed E-state index contributed by atoms with van der Waals surface area (Å²) in [5.74, 6) is 1.07. The molecule has 0 aliphatic heterocycles. The molecule has 0 spiro atoms. The fourth-order valence-corrected chi connectivity index (χ4v) is 3.25. The van der Waals surface area contributed by atoms with Crippen LogP contribution in [0.5, 0.6) is 0 Å². The molecule has 0 radical (unpaired) electrons. The van der Waals surface area contributed by atoms with Crippen molar-refractivity contribution >= 4 is 23.4 Å². The van der Waals surface area contributed by atoms with Crippen molar-refractivity contribution < 1.29 is 0 Å². The topological polar surface area (TPSA) is 12.0 Å². The van der Waals surface area contributed by atoms with E-state index in [1.807, 2.05) is 23.9 Å². The van der Waals surface area contributed by atoms with Crippen LogP contribution in [0.15, 0.2) is 59.5 Å². The second-order valence-corrected chi connectivity index (χ2v) is 6.64. The number of benzene rings is 2. The Morgan fingerprint density at radius 3 is 2.43 bits per heavy atom. The molecule has 1 N–H and O–H groups in total. The van der Waals surface area contributed by atoms with Gasteiger partial charge in [0.1, 0.15) is 0 Å². The Morgan fingerprint density at radius 1 is 1.05 bits per heavy atom. The molecule has 0 aromatic heterocycles. The lowest BCUT2D eigenvalue weighted by molar-refractivity contribution is 0.550. The Labute approximate surface area is 137 Å². The SMILES string of the molecule is CCCNC(CSc1ccc(Cl)cc1)Cc1ccccc1. The van der Waals surface area contributed by atoms with Crippen molar-refractivity contribution in [1.82, 2.24) is 5.32 Å². The van der Waals surface area contributed by atoms with Crippen LogP contribution >= 0.6 is 23.4 Å². The summed E-state index contributed by atoms with van der Waals surface area (Å²) in [6.45, 7) is 3.28. The van der Waals surface area contributed by atoms with Crippen LogP contribution in [-0.4, -0.2) is 18.3 Å².